The summed E-state index contributed by atoms with van der Waals surface area (Å²) < 4.78 is 13.7. The van der Waals surface area contributed by atoms with Crippen molar-refractivity contribution in [2.75, 3.05) is 23.8 Å². The predicted octanol–water partition coefficient (Wildman–Crippen LogP) is 3.25. The van der Waals surface area contributed by atoms with Gasteiger partial charge in [0.2, 0.25) is 0 Å². The lowest BCUT2D eigenvalue weighted by molar-refractivity contribution is 0.607. The molecule has 0 amide bonds. The van der Waals surface area contributed by atoms with Crippen LogP contribution < -0.4 is 10.2 Å². The average Bonchev–Trinajstić information content (AvgIpc) is 2.49. The highest BCUT2D eigenvalue weighted by atomic mass is 19.1. The molecule has 0 spiro atoms. The molecule has 0 unspecified atom stereocenters. The van der Waals surface area contributed by atoms with Crippen molar-refractivity contribution in [3.05, 3.63) is 47.5 Å². The second-order valence-electron chi connectivity index (χ2n) is 4.86. The van der Waals surface area contributed by atoms with Crippen LogP contribution in [0.25, 0.3) is 0 Å². The standard InChI is InChI=1S/C16H21FN4/c1-4-14-19-15(18-5-2)10-16(20-14)21(3)11-12-8-6-7-9-13(12)17/h6-10H,4-5,11H2,1-3H3,(H,18,19,20). The van der Waals surface area contributed by atoms with E-state index in [1.165, 1.54) is 6.07 Å². The van der Waals surface area contributed by atoms with Gasteiger partial charge in [0, 0.05) is 38.2 Å². The van der Waals surface area contributed by atoms with Gasteiger partial charge >= 0.3 is 0 Å². The van der Waals surface area contributed by atoms with Crippen LogP contribution in [0.5, 0.6) is 0 Å². The number of rotatable bonds is 6. The fourth-order valence-electron chi connectivity index (χ4n) is 2.07. The molecule has 21 heavy (non-hydrogen) atoms. The van der Waals surface area contributed by atoms with Crippen molar-refractivity contribution in [3.63, 3.8) is 0 Å². The van der Waals surface area contributed by atoms with E-state index in [0.29, 0.717) is 12.1 Å². The largest absolute Gasteiger partial charge is 0.370 e. The van der Waals surface area contributed by atoms with Gasteiger partial charge in [0.25, 0.3) is 0 Å². The minimum atomic E-state index is -0.193. The van der Waals surface area contributed by atoms with Crippen LogP contribution in [0.1, 0.15) is 25.2 Å². The molecule has 1 aromatic carbocycles. The Morgan fingerprint density at radius 3 is 2.62 bits per heavy atom. The summed E-state index contributed by atoms with van der Waals surface area (Å²) in [4.78, 5) is 10.9. The van der Waals surface area contributed by atoms with Crippen LogP contribution in [0.4, 0.5) is 16.0 Å². The topological polar surface area (TPSA) is 41.0 Å². The summed E-state index contributed by atoms with van der Waals surface area (Å²) in [5.41, 5.74) is 0.654. The van der Waals surface area contributed by atoms with Gasteiger partial charge in [0.05, 0.1) is 0 Å². The summed E-state index contributed by atoms with van der Waals surface area (Å²) in [6, 6.07) is 8.70. The molecule has 1 aromatic heterocycles. The van der Waals surface area contributed by atoms with Crippen LogP contribution in [0.15, 0.2) is 30.3 Å². The number of aromatic nitrogens is 2. The minimum Gasteiger partial charge on any atom is -0.370 e. The maximum atomic E-state index is 13.7. The number of benzene rings is 1. The zero-order chi connectivity index (χ0) is 15.2. The molecule has 2 aromatic rings. The van der Waals surface area contributed by atoms with Gasteiger partial charge in [-0.3, -0.25) is 0 Å². The van der Waals surface area contributed by atoms with E-state index in [4.69, 9.17) is 0 Å². The number of halogens is 1. The molecule has 0 aliphatic carbocycles. The maximum absolute atomic E-state index is 13.7. The van der Waals surface area contributed by atoms with Crippen LogP contribution in [0, 0.1) is 5.82 Å². The van der Waals surface area contributed by atoms with E-state index in [2.05, 4.69) is 15.3 Å². The monoisotopic (exact) mass is 288 g/mol. The molecule has 2 rings (SSSR count). The molecule has 0 radical (unpaired) electrons. The van der Waals surface area contributed by atoms with Gasteiger partial charge in [-0.1, -0.05) is 25.1 Å². The molecule has 4 nitrogen and oxygen atoms in total. The van der Waals surface area contributed by atoms with Crippen LogP contribution in [0.2, 0.25) is 0 Å². The number of aryl methyl sites for hydroxylation is 1. The Morgan fingerprint density at radius 2 is 1.95 bits per heavy atom. The summed E-state index contributed by atoms with van der Waals surface area (Å²) in [6.45, 7) is 5.32. The van der Waals surface area contributed by atoms with Crippen molar-refractivity contribution in [3.8, 4) is 0 Å². The molecule has 0 atom stereocenters. The van der Waals surface area contributed by atoms with Gasteiger partial charge in [-0.25, -0.2) is 14.4 Å². The molecule has 5 heteroatoms. The molecule has 1 heterocycles. The molecule has 0 aliphatic rings. The normalized spacial score (nSPS) is 10.5. The number of anilines is 2. The average molecular weight is 288 g/mol. The van der Waals surface area contributed by atoms with Gasteiger partial charge < -0.3 is 10.2 Å². The minimum absolute atomic E-state index is 0.193. The first kappa shape index (κ1) is 15.2. The van der Waals surface area contributed by atoms with E-state index in [9.17, 15) is 4.39 Å². The highest BCUT2D eigenvalue weighted by molar-refractivity contribution is 5.49. The zero-order valence-corrected chi connectivity index (χ0v) is 12.7. The zero-order valence-electron chi connectivity index (χ0n) is 12.7. The Kier molecular flexibility index (Phi) is 5.09. The fourth-order valence-corrected chi connectivity index (χ4v) is 2.07. The van der Waals surface area contributed by atoms with E-state index < -0.39 is 0 Å². The third-order valence-corrected chi connectivity index (χ3v) is 3.19. The van der Waals surface area contributed by atoms with Gasteiger partial charge in [0.15, 0.2) is 0 Å². The quantitative estimate of drug-likeness (QED) is 0.886. The highest BCUT2D eigenvalue weighted by Gasteiger charge is 2.10. The van der Waals surface area contributed by atoms with Gasteiger partial charge in [-0.05, 0) is 13.0 Å². The van der Waals surface area contributed by atoms with Crippen molar-refractivity contribution >= 4 is 11.6 Å². The summed E-state index contributed by atoms with van der Waals surface area (Å²) in [6.07, 6.45) is 0.764. The van der Waals surface area contributed by atoms with Gasteiger partial charge in [-0.2, -0.15) is 0 Å². The first-order valence-corrected chi connectivity index (χ1v) is 7.20. The molecular weight excluding hydrogens is 267 g/mol. The van der Waals surface area contributed by atoms with Crippen molar-refractivity contribution in [2.24, 2.45) is 0 Å². The first-order chi connectivity index (χ1) is 10.1. The Morgan fingerprint density at radius 1 is 1.19 bits per heavy atom. The van der Waals surface area contributed by atoms with Crippen molar-refractivity contribution in [1.82, 2.24) is 9.97 Å². The number of hydrogen-bond donors (Lipinski definition) is 1. The Hall–Kier alpha value is -2.17. The molecule has 112 valence electrons. The lowest BCUT2D eigenvalue weighted by Crippen LogP contribution is -2.20. The molecular formula is C16H21FN4. The van der Waals surface area contributed by atoms with Crippen molar-refractivity contribution in [2.45, 2.75) is 26.8 Å². The Labute approximate surface area is 125 Å². The summed E-state index contributed by atoms with van der Waals surface area (Å²) in [7, 11) is 1.91. The van der Waals surface area contributed by atoms with Gasteiger partial charge in [-0.15, -0.1) is 0 Å². The smallest absolute Gasteiger partial charge is 0.134 e. The Bertz CT molecular complexity index is 601. The molecule has 0 aliphatic heterocycles. The summed E-state index contributed by atoms with van der Waals surface area (Å²) in [5, 5.41) is 3.20. The Balaban J connectivity index is 2.23. The van der Waals surface area contributed by atoms with Crippen LogP contribution in [-0.2, 0) is 13.0 Å². The van der Waals surface area contributed by atoms with E-state index >= 15 is 0 Å². The van der Waals surface area contributed by atoms with E-state index in [1.807, 2.05) is 37.9 Å². The van der Waals surface area contributed by atoms with E-state index in [-0.39, 0.29) is 5.82 Å². The highest BCUT2D eigenvalue weighted by Crippen LogP contribution is 2.18. The third-order valence-electron chi connectivity index (χ3n) is 3.19. The molecule has 1 N–H and O–H groups in total. The van der Waals surface area contributed by atoms with Crippen LogP contribution in [0.3, 0.4) is 0 Å². The SMILES string of the molecule is CCNc1cc(N(C)Cc2ccccc2F)nc(CC)n1. The first-order valence-electron chi connectivity index (χ1n) is 7.20. The van der Waals surface area contributed by atoms with Crippen molar-refractivity contribution in [1.29, 1.82) is 0 Å². The van der Waals surface area contributed by atoms with Crippen molar-refractivity contribution < 1.29 is 4.39 Å². The summed E-state index contributed by atoms with van der Waals surface area (Å²) in [5.74, 6) is 2.19. The summed E-state index contributed by atoms with van der Waals surface area (Å²) >= 11 is 0. The molecule has 0 saturated carbocycles. The lowest BCUT2D eigenvalue weighted by Gasteiger charge is -2.20. The van der Waals surface area contributed by atoms with E-state index in [0.717, 1.165) is 30.4 Å². The lowest BCUT2D eigenvalue weighted by atomic mass is 10.2. The number of nitrogens with one attached hydrogen (secondary N) is 1. The van der Waals surface area contributed by atoms with Crippen LogP contribution in [-0.4, -0.2) is 23.6 Å². The van der Waals surface area contributed by atoms with Gasteiger partial charge in [0.1, 0.15) is 23.3 Å². The third kappa shape index (κ3) is 3.90. The second-order valence-corrected chi connectivity index (χ2v) is 4.86. The second kappa shape index (κ2) is 7.02. The number of nitrogens with zero attached hydrogens (tertiary/aromatic N) is 3. The fraction of sp³-hybridized carbons (Fsp3) is 0.375. The molecule has 0 fully saturated rings. The molecule has 0 bridgehead atoms. The molecule has 0 saturated heterocycles. The predicted molar refractivity (Wildman–Crippen MR) is 84.1 cm³/mol. The van der Waals surface area contributed by atoms with Crippen LogP contribution >= 0.6 is 0 Å². The maximum Gasteiger partial charge on any atom is 0.134 e. The number of hydrogen-bond acceptors (Lipinski definition) is 4. The van der Waals surface area contributed by atoms with E-state index in [1.54, 1.807) is 12.1 Å².